The monoisotopic (exact) mass is 364 g/mol. The fourth-order valence-corrected chi connectivity index (χ4v) is 2.17. The third-order valence-electron chi connectivity index (χ3n) is 2.96. The van der Waals surface area contributed by atoms with Crippen molar-refractivity contribution in [2.75, 3.05) is 20.7 Å². The molecular formula is C14H22BrClN2O2. The van der Waals surface area contributed by atoms with Crippen molar-refractivity contribution in [3.05, 3.63) is 28.2 Å². The van der Waals surface area contributed by atoms with Crippen LogP contribution in [-0.4, -0.2) is 32.7 Å². The van der Waals surface area contributed by atoms with Crippen molar-refractivity contribution in [1.29, 1.82) is 0 Å². The van der Waals surface area contributed by atoms with Gasteiger partial charge < -0.3 is 15.4 Å². The predicted octanol–water partition coefficient (Wildman–Crippen LogP) is 2.54. The van der Waals surface area contributed by atoms with Crippen molar-refractivity contribution < 1.29 is 9.53 Å². The predicted molar refractivity (Wildman–Crippen MR) is 87.8 cm³/mol. The van der Waals surface area contributed by atoms with Crippen molar-refractivity contribution in [2.45, 2.75) is 25.8 Å². The SMILES string of the molecule is CNC(C)CNC(=O)CCc1ccc(OC)c(Br)c1.Cl. The van der Waals surface area contributed by atoms with Crippen LogP contribution in [-0.2, 0) is 11.2 Å². The lowest BCUT2D eigenvalue weighted by Gasteiger charge is -2.11. The molecule has 1 amide bonds. The minimum atomic E-state index is 0. The molecule has 0 spiro atoms. The van der Waals surface area contributed by atoms with E-state index in [1.54, 1.807) is 7.11 Å². The second kappa shape index (κ2) is 10.0. The molecule has 0 radical (unpaired) electrons. The number of ether oxygens (including phenoxy) is 1. The zero-order valence-electron chi connectivity index (χ0n) is 12.0. The standard InChI is InChI=1S/C14H21BrN2O2.ClH/c1-10(16-2)9-17-14(18)7-5-11-4-6-13(19-3)12(15)8-11;/h4,6,8,10,16H,5,7,9H2,1-3H3,(H,17,18);1H. The van der Waals surface area contributed by atoms with Crippen LogP contribution in [0.3, 0.4) is 0 Å². The molecule has 0 aromatic heterocycles. The molecule has 1 aromatic rings. The van der Waals surface area contributed by atoms with Crippen LogP contribution in [0.1, 0.15) is 18.9 Å². The van der Waals surface area contributed by atoms with E-state index in [9.17, 15) is 4.79 Å². The molecule has 114 valence electrons. The van der Waals surface area contributed by atoms with Gasteiger partial charge in [-0.05, 0) is 54.0 Å². The Balaban J connectivity index is 0.00000361. The molecule has 0 saturated carbocycles. The van der Waals surface area contributed by atoms with Gasteiger partial charge in [0.25, 0.3) is 0 Å². The lowest BCUT2D eigenvalue weighted by atomic mass is 10.1. The number of methoxy groups -OCH3 is 1. The Labute approximate surface area is 135 Å². The van der Waals surface area contributed by atoms with Crippen LogP contribution < -0.4 is 15.4 Å². The molecule has 0 fully saturated rings. The second-order valence-electron chi connectivity index (χ2n) is 4.46. The number of carbonyl (C=O) groups is 1. The van der Waals surface area contributed by atoms with Crippen LogP contribution >= 0.6 is 28.3 Å². The summed E-state index contributed by atoms with van der Waals surface area (Å²) >= 11 is 3.44. The molecule has 2 N–H and O–H groups in total. The van der Waals surface area contributed by atoms with Gasteiger partial charge in [0.2, 0.25) is 5.91 Å². The Morgan fingerprint density at radius 1 is 1.45 bits per heavy atom. The van der Waals surface area contributed by atoms with Crippen LogP contribution in [0.15, 0.2) is 22.7 Å². The van der Waals surface area contributed by atoms with Gasteiger partial charge in [0.15, 0.2) is 0 Å². The maximum Gasteiger partial charge on any atom is 0.220 e. The van der Waals surface area contributed by atoms with Crippen molar-refractivity contribution in [2.24, 2.45) is 0 Å². The van der Waals surface area contributed by atoms with Crippen LogP contribution in [0.2, 0.25) is 0 Å². The fraction of sp³-hybridized carbons (Fsp3) is 0.500. The fourth-order valence-electron chi connectivity index (χ4n) is 1.58. The van der Waals surface area contributed by atoms with E-state index in [0.29, 0.717) is 19.0 Å². The molecule has 1 aromatic carbocycles. The highest BCUT2D eigenvalue weighted by Gasteiger charge is 2.06. The van der Waals surface area contributed by atoms with E-state index in [1.165, 1.54) is 0 Å². The molecule has 1 rings (SSSR count). The van der Waals surface area contributed by atoms with Crippen LogP contribution in [0.5, 0.6) is 5.75 Å². The minimum Gasteiger partial charge on any atom is -0.496 e. The van der Waals surface area contributed by atoms with Gasteiger partial charge in [0.05, 0.1) is 11.6 Å². The Hall–Kier alpha value is -0.780. The molecule has 1 atom stereocenters. The summed E-state index contributed by atoms with van der Waals surface area (Å²) in [4.78, 5) is 11.7. The molecule has 0 saturated heterocycles. The number of nitrogens with one attached hydrogen (secondary N) is 2. The van der Waals surface area contributed by atoms with E-state index in [2.05, 4.69) is 26.6 Å². The quantitative estimate of drug-likeness (QED) is 0.781. The normalized spacial score (nSPS) is 11.4. The van der Waals surface area contributed by atoms with Crippen LogP contribution in [0, 0.1) is 0 Å². The van der Waals surface area contributed by atoms with Crippen LogP contribution in [0.25, 0.3) is 0 Å². The summed E-state index contributed by atoms with van der Waals surface area (Å²) in [6.45, 7) is 2.68. The summed E-state index contributed by atoms with van der Waals surface area (Å²) in [7, 11) is 3.52. The minimum absolute atomic E-state index is 0. The zero-order chi connectivity index (χ0) is 14.3. The van der Waals surface area contributed by atoms with E-state index in [4.69, 9.17) is 4.74 Å². The van der Waals surface area contributed by atoms with Gasteiger partial charge in [-0.3, -0.25) is 4.79 Å². The van der Waals surface area contributed by atoms with Gasteiger partial charge in [-0.25, -0.2) is 0 Å². The average Bonchev–Trinajstić information content (AvgIpc) is 2.42. The number of benzene rings is 1. The van der Waals surface area contributed by atoms with Gasteiger partial charge >= 0.3 is 0 Å². The summed E-state index contributed by atoms with van der Waals surface area (Å²) in [5, 5.41) is 5.98. The van der Waals surface area contributed by atoms with Gasteiger partial charge in [-0.2, -0.15) is 0 Å². The molecular weight excluding hydrogens is 344 g/mol. The molecule has 0 bridgehead atoms. The number of hydrogen-bond acceptors (Lipinski definition) is 3. The van der Waals surface area contributed by atoms with Gasteiger partial charge in [-0.1, -0.05) is 6.07 Å². The highest BCUT2D eigenvalue weighted by molar-refractivity contribution is 9.10. The molecule has 0 aliphatic carbocycles. The van der Waals surface area contributed by atoms with Crippen LogP contribution in [0.4, 0.5) is 0 Å². The number of aryl methyl sites for hydroxylation is 1. The van der Waals surface area contributed by atoms with E-state index >= 15 is 0 Å². The highest BCUT2D eigenvalue weighted by Crippen LogP contribution is 2.25. The molecule has 0 heterocycles. The number of hydrogen-bond donors (Lipinski definition) is 2. The summed E-state index contributed by atoms with van der Waals surface area (Å²) in [5.74, 6) is 0.880. The van der Waals surface area contributed by atoms with Crippen molar-refractivity contribution >= 4 is 34.2 Å². The summed E-state index contributed by atoms with van der Waals surface area (Å²) < 4.78 is 6.08. The van der Waals surface area contributed by atoms with E-state index in [0.717, 1.165) is 22.2 Å². The van der Waals surface area contributed by atoms with Gasteiger partial charge in [-0.15, -0.1) is 12.4 Å². The third-order valence-corrected chi connectivity index (χ3v) is 3.57. The zero-order valence-corrected chi connectivity index (χ0v) is 14.4. The maximum atomic E-state index is 11.7. The second-order valence-corrected chi connectivity index (χ2v) is 5.32. The van der Waals surface area contributed by atoms with E-state index in [1.807, 2.05) is 32.2 Å². The molecule has 0 aliphatic rings. The largest absolute Gasteiger partial charge is 0.496 e. The van der Waals surface area contributed by atoms with Gasteiger partial charge in [0.1, 0.15) is 5.75 Å². The molecule has 6 heteroatoms. The summed E-state index contributed by atoms with van der Waals surface area (Å²) in [5.41, 5.74) is 1.12. The number of rotatable bonds is 7. The number of likely N-dealkylation sites (N-methyl/N-ethyl adjacent to an activating group) is 1. The molecule has 1 unspecified atom stereocenters. The molecule has 4 nitrogen and oxygen atoms in total. The average molecular weight is 366 g/mol. The molecule has 0 aliphatic heterocycles. The maximum absolute atomic E-state index is 11.7. The first-order chi connectivity index (χ1) is 9.06. The number of carbonyl (C=O) groups excluding carboxylic acids is 1. The number of amides is 1. The van der Waals surface area contributed by atoms with Crippen molar-refractivity contribution in [3.63, 3.8) is 0 Å². The smallest absolute Gasteiger partial charge is 0.220 e. The number of halogens is 2. The Morgan fingerprint density at radius 3 is 2.70 bits per heavy atom. The Morgan fingerprint density at radius 2 is 2.15 bits per heavy atom. The lowest BCUT2D eigenvalue weighted by molar-refractivity contribution is -0.121. The Bertz CT molecular complexity index is 430. The lowest BCUT2D eigenvalue weighted by Crippen LogP contribution is -2.37. The summed E-state index contributed by atoms with van der Waals surface area (Å²) in [6.07, 6.45) is 1.22. The van der Waals surface area contributed by atoms with E-state index < -0.39 is 0 Å². The van der Waals surface area contributed by atoms with Gasteiger partial charge in [0, 0.05) is 19.0 Å². The molecule has 20 heavy (non-hydrogen) atoms. The Kier molecular flexibility index (Phi) is 9.63. The van der Waals surface area contributed by atoms with Crippen molar-refractivity contribution in [1.82, 2.24) is 10.6 Å². The first kappa shape index (κ1) is 19.2. The topological polar surface area (TPSA) is 50.4 Å². The van der Waals surface area contributed by atoms with E-state index in [-0.39, 0.29) is 18.3 Å². The first-order valence-electron chi connectivity index (χ1n) is 6.33. The highest BCUT2D eigenvalue weighted by atomic mass is 79.9. The van der Waals surface area contributed by atoms with Crippen molar-refractivity contribution in [3.8, 4) is 5.75 Å². The summed E-state index contributed by atoms with van der Waals surface area (Å²) in [6, 6.07) is 6.16. The first-order valence-corrected chi connectivity index (χ1v) is 7.12. The third kappa shape index (κ3) is 6.59.